The number of ether oxygens (including phenoxy) is 1. The van der Waals surface area contributed by atoms with Gasteiger partial charge in [0.05, 0.1) is 26.1 Å². The van der Waals surface area contributed by atoms with Crippen molar-refractivity contribution in [3.8, 4) is 0 Å². The molecule has 1 rings (SSSR count). The monoisotopic (exact) mass is 199 g/mol. The van der Waals surface area contributed by atoms with Crippen LogP contribution in [0.25, 0.3) is 0 Å². The van der Waals surface area contributed by atoms with Crippen LogP contribution in [-0.2, 0) is 4.74 Å². The lowest BCUT2D eigenvalue weighted by molar-refractivity contribution is 0.0821. The molecule has 0 saturated heterocycles. The van der Waals surface area contributed by atoms with Crippen molar-refractivity contribution in [1.82, 2.24) is 5.32 Å². The Bertz CT molecular complexity index is 258. The van der Waals surface area contributed by atoms with Gasteiger partial charge in [0.2, 0.25) is 0 Å². The van der Waals surface area contributed by atoms with Crippen molar-refractivity contribution >= 4 is 5.91 Å². The minimum Gasteiger partial charge on any atom is -0.459 e. The quantitative estimate of drug-likeness (QED) is 0.633. The van der Waals surface area contributed by atoms with E-state index < -0.39 is 0 Å². The largest absolute Gasteiger partial charge is 0.459 e. The molecule has 1 amide bonds. The van der Waals surface area contributed by atoms with Crippen molar-refractivity contribution in [2.24, 2.45) is 0 Å². The molecule has 0 aliphatic carbocycles. The first-order valence-corrected chi connectivity index (χ1v) is 4.35. The minimum atomic E-state index is -0.261. The van der Waals surface area contributed by atoms with Crippen LogP contribution in [-0.4, -0.2) is 37.4 Å². The molecule has 5 nitrogen and oxygen atoms in total. The lowest BCUT2D eigenvalue weighted by atomic mass is 10.4. The topological polar surface area (TPSA) is 71.7 Å². The Morgan fingerprint density at radius 3 is 3.07 bits per heavy atom. The van der Waals surface area contributed by atoms with Gasteiger partial charge in [-0.15, -0.1) is 0 Å². The maximum Gasteiger partial charge on any atom is 0.287 e. The molecular formula is C9H13NO4. The van der Waals surface area contributed by atoms with Crippen LogP contribution in [0.5, 0.6) is 0 Å². The summed E-state index contributed by atoms with van der Waals surface area (Å²) >= 11 is 0. The third-order valence-electron chi connectivity index (χ3n) is 1.51. The Balaban J connectivity index is 2.10. The van der Waals surface area contributed by atoms with Gasteiger partial charge in [-0.3, -0.25) is 4.79 Å². The fourth-order valence-electron chi connectivity index (χ4n) is 0.898. The maximum absolute atomic E-state index is 11.2. The van der Waals surface area contributed by atoms with E-state index in [9.17, 15) is 4.79 Å². The Morgan fingerprint density at radius 1 is 1.57 bits per heavy atom. The first-order chi connectivity index (χ1) is 6.84. The molecular weight excluding hydrogens is 186 g/mol. The second-order valence-corrected chi connectivity index (χ2v) is 2.57. The normalized spacial score (nSPS) is 10.1. The number of aliphatic hydroxyl groups is 1. The van der Waals surface area contributed by atoms with Crippen LogP contribution in [0.4, 0.5) is 0 Å². The Hall–Kier alpha value is -1.33. The fourth-order valence-corrected chi connectivity index (χ4v) is 0.898. The van der Waals surface area contributed by atoms with Crippen molar-refractivity contribution in [3.05, 3.63) is 24.2 Å². The first kappa shape index (κ1) is 10.7. The van der Waals surface area contributed by atoms with Gasteiger partial charge in [-0.1, -0.05) is 0 Å². The number of amides is 1. The number of aliphatic hydroxyl groups excluding tert-OH is 1. The predicted octanol–water partition coefficient (Wildman–Crippen LogP) is 0.0183. The van der Waals surface area contributed by atoms with E-state index in [1.807, 2.05) is 0 Å². The average molecular weight is 199 g/mol. The maximum atomic E-state index is 11.2. The zero-order chi connectivity index (χ0) is 10.2. The molecule has 0 unspecified atom stereocenters. The molecule has 0 aromatic carbocycles. The average Bonchev–Trinajstić information content (AvgIpc) is 2.70. The number of nitrogens with one attached hydrogen (secondary N) is 1. The van der Waals surface area contributed by atoms with E-state index in [0.717, 1.165) is 0 Å². The molecule has 0 aliphatic heterocycles. The minimum absolute atomic E-state index is 0.00781. The SMILES string of the molecule is O=C(NCCOCCO)c1ccco1. The number of hydrogen-bond acceptors (Lipinski definition) is 4. The van der Waals surface area contributed by atoms with E-state index >= 15 is 0 Å². The fraction of sp³-hybridized carbons (Fsp3) is 0.444. The van der Waals surface area contributed by atoms with Gasteiger partial charge >= 0.3 is 0 Å². The van der Waals surface area contributed by atoms with Crippen LogP contribution >= 0.6 is 0 Å². The van der Waals surface area contributed by atoms with E-state index in [0.29, 0.717) is 13.2 Å². The summed E-state index contributed by atoms with van der Waals surface area (Å²) in [6.45, 7) is 1.06. The molecule has 5 heteroatoms. The van der Waals surface area contributed by atoms with Crippen LogP contribution in [0, 0.1) is 0 Å². The van der Waals surface area contributed by atoms with Crippen molar-refractivity contribution in [2.45, 2.75) is 0 Å². The highest BCUT2D eigenvalue weighted by atomic mass is 16.5. The molecule has 2 N–H and O–H groups in total. The van der Waals surface area contributed by atoms with Crippen molar-refractivity contribution < 1.29 is 19.1 Å². The van der Waals surface area contributed by atoms with Gasteiger partial charge < -0.3 is 19.6 Å². The molecule has 1 heterocycles. The first-order valence-electron chi connectivity index (χ1n) is 4.35. The third-order valence-corrected chi connectivity index (χ3v) is 1.51. The second kappa shape index (κ2) is 6.17. The molecule has 0 bridgehead atoms. The van der Waals surface area contributed by atoms with Gasteiger partial charge in [-0.2, -0.15) is 0 Å². The van der Waals surface area contributed by atoms with Crippen molar-refractivity contribution in [3.63, 3.8) is 0 Å². The van der Waals surface area contributed by atoms with Crippen LogP contribution < -0.4 is 5.32 Å². The summed E-state index contributed by atoms with van der Waals surface area (Å²) in [6, 6.07) is 3.24. The van der Waals surface area contributed by atoms with Gasteiger partial charge in [-0.05, 0) is 12.1 Å². The van der Waals surface area contributed by atoms with Gasteiger partial charge in [-0.25, -0.2) is 0 Å². The highest BCUT2D eigenvalue weighted by Gasteiger charge is 2.06. The van der Waals surface area contributed by atoms with Gasteiger partial charge in [0, 0.05) is 6.54 Å². The van der Waals surface area contributed by atoms with Gasteiger partial charge in [0.25, 0.3) is 5.91 Å². The summed E-state index contributed by atoms with van der Waals surface area (Å²) in [4.78, 5) is 11.2. The Kier molecular flexibility index (Phi) is 4.74. The summed E-state index contributed by atoms with van der Waals surface area (Å²) in [5.41, 5.74) is 0. The van der Waals surface area contributed by atoms with Gasteiger partial charge in [0.1, 0.15) is 0 Å². The molecule has 0 spiro atoms. The number of furan rings is 1. The van der Waals surface area contributed by atoms with E-state index in [2.05, 4.69) is 5.32 Å². The molecule has 0 radical (unpaired) electrons. The van der Waals surface area contributed by atoms with Crippen LogP contribution in [0.1, 0.15) is 10.6 Å². The second-order valence-electron chi connectivity index (χ2n) is 2.57. The summed E-state index contributed by atoms with van der Waals surface area (Å²) in [5.74, 6) is 0.0229. The number of rotatable bonds is 6. The standard InChI is InChI=1S/C9H13NO4/c11-4-7-13-6-3-10-9(12)8-2-1-5-14-8/h1-2,5,11H,3-4,6-7H2,(H,10,12). The summed E-state index contributed by atoms with van der Waals surface area (Å²) in [7, 11) is 0. The summed E-state index contributed by atoms with van der Waals surface area (Å²) < 4.78 is 9.84. The third kappa shape index (κ3) is 3.59. The summed E-state index contributed by atoms with van der Waals surface area (Å²) in [6.07, 6.45) is 1.44. The van der Waals surface area contributed by atoms with Crippen LogP contribution in [0.3, 0.4) is 0 Å². The summed E-state index contributed by atoms with van der Waals surface area (Å²) in [5, 5.41) is 11.0. The molecule has 1 aromatic rings. The van der Waals surface area contributed by atoms with Gasteiger partial charge in [0.15, 0.2) is 5.76 Å². The number of carbonyl (C=O) groups is 1. The van der Waals surface area contributed by atoms with Crippen molar-refractivity contribution in [1.29, 1.82) is 0 Å². The molecule has 1 aromatic heterocycles. The molecule has 0 fully saturated rings. The molecule has 78 valence electrons. The highest BCUT2D eigenvalue weighted by Crippen LogP contribution is 1.98. The lowest BCUT2D eigenvalue weighted by Crippen LogP contribution is -2.27. The molecule has 0 saturated carbocycles. The van der Waals surface area contributed by atoms with Crippen molar-refractivity contribution in [2.75, 3.05) is 26.4 Å². The highest BCUT2D eigenvalue weighted by molar-refractivity contribution is 5.91. The van der Waals surface area contributed by atoms with Crippen LogP contribution in [0.2, 0.25) is 0 Å². The lowest BCUT2D eigenvalue weighted by Gasteiger charge is -2.03. The Morgan fingerprint density at radius 2 is 2.43 bits per heavy atom. The predicted molar refractivity (Wildman–Crippen MR) is 48.9 cm³/mol. The number of carbonyl (C=O) groups excluding carboxylic acids is 1. The number of hydrogen-bond donors (Lipinski definition) is 2. The van der Waals surface area contributed by atoms with E-state index in [1.165, 1.54) is 6.26 Å². The molecule has 0 aliphatic rings. The van der Waals surface area contributed by atoms with E-state index in [1.54, 1.807) is 12.1 Å². The molecule has 0 atom stereocenters. The van der Waals surface area contributed by atoms with E-state index in [-0.39, 0.29) is 24.9 Å². The Labute approximate surface area is 81.7 Å². The van der Waals surface area contributed by atoms with E-state index in [4.69, 9.17) is 14.3 Å². The smallest absolute Gasteiger partial charge is 0.287 e. The zero-order valence-electron chi connectivity index (χ0n) is 7.73. The zero-order valence-corrected chi connectivity index (χ0v) is 7.73. The van der Waals surface area contributed by atoms with Crippen LogP contribution in [0.15, 0.2) is 22.8 Å². The molecule has 14 heavy (non-hydrogen) atoms.